The Kier molecular flexibility index (Phi) is 6.99. The normalized spacial score (nSPS) is 18.1. The van der Waals surface area contributed by atoms with Crippen molar-refractivity contribution < 1.29 is 22.7 Å². The molecular weight excluding hydrogens is 382 g/mol. The molecule has 1 aliphatic heterocycles. The third kappa shape index (κ3) is 5.16. The summed E-state index contributed by atoms with van der Waals surface area (Å²) in [7, 11) is -3.80. The van der Waals surface area contributed by atoms with E-state index in [2.05, 4.69) is 10.6 Å². The molecule has 26 heavy (non-hydrogen) atoms. The highest BCUT2D eigenvalue weighted by Gasteiger charge is 2.36. The number of hydrogen-bond donors (Lipinski definition) is 2. The van der Waals surface area contributed by atoms with Crippen LogP contribution in [-0.2, 0) is 24.3 Å². The molecule has 1 atom stereocenters. The maximum absolute atomic E-state index is 12.7. The fourth-order valence-electron chi connectivity index (χ4n) is 2.32. The molecule has 0 unspecified atom stereocenters. The molecule has 1 aromatic rings. The van der Waals surface area contributed by atoms with Gasteiger partial charge in [0, 0.05) is 18.1 Å². The third-order valence-electron chi connectivity index (χ3n) is 3.68. The van der Waals surface area contributed by atoms with E-state index in [1.165, 1.54) is 24.3 Å². The molecule has 0 spiro atoms. The minimum atomic E-state index is -3.80. The number of halogens is 1. The summed E-state index contributed by atoms with van der Waals surface area (Å²) >= 11 is 5.79. The van der Waals surface area contributed by atoms with Crippen LogP contribution in [0.15, 0.2) is 29.2 Å². The van der Waals surface area contributed by atoms with Gasteiger partial charge in [0.1, 0.15) is 6.23 Å². The predicted molar refractivity (Wildman–Crippen MR) is 95.9 cm³/mol. The average Bonchev–Trinajstić information content (AvgIpc) is 3.07. The van der Waals surface area contributed by atoms with E-state index in [0.29, 0.717) is 11.6 Å². The van der Waals surface area contributed by atoms with E-state index in [9.17, 15) is 18.0 Å². The van der Waals surface area contributed by atoms with Gasteiger partial charge in [0.15, 0.2) is 0 Å². The molecule has 1 fully saturated rings. The van der Waals surface area contributed by atoms with Crippen LogP contribution in [0.5, 0.6) is 0 Å². The number of carbonyl (C=O) groups is 2. The van der Waals surface area contributed by atoms with Gasteiger partial charge in [-0.15, -0.1) is 0 Å². The Morgan fingerprint density at radius 3 is 2.46 bits per heavy atom. The fourth-order valence-corrected chi connectivity index (χ4v) is 3.96. The summed E-state index contributed by atoms with van der Waals surface area (Å²) < 4.78 is 32.0. The van der Waals surface area contributed by atoms with E-state index in [4.69, 9.17) is 16.3 Å². The zero-order valence-electron chi connectivity index (χ0n) is 14.6. The first kappa shape index (κ1) is 20.6. The first-order valence-electron chi connectivity index (χ1n) is 8.17. The zero-order chi connectivity index (χ0) is 19.3. The van der Waals surface area contributed by atoms with Crippen LogP contribution >= 0.6 is 11.6 Å². The molecule has 1 saturated heterocycles. The molecule has 1 aromatic carbocycles. The van der Waals surface area contributed by atoms with Crippen molar-refractivity contribution in [1.29, 1.82) is 0 Å². The van der Waals surface area contributed by atoms with Crippen LogP contribution in [0.25, 0.3) is 0 Å². The van der Waals surface area contributed by atoms with Gasteiger partial charge in [-0.25, -0.2) is 8.42 Å². The molecule has 0 saturated carbocycles. The van der Waals surface area contributed by atoms with Gasteiger partial charge in [0.2, 0.25) is 10.0 Å². The van der Waals surface area contributed by atoms with Crippen molar-refractivity contribution in [3.8, 4) is 0 Å². The molecule has 1 aliphatic rings. The molecule has 1 heterocycles. The van der Waals surface area contributed by atoms with Crippen LogP contribution in [-0.4, -0.2) is 57.0 Å². The van der Waals surface area contributed by atoms with Crippen LogP contribution in [0.2, 0.25) is 5.02 Å². The quantitative estimate of drug-likeness (QED) is 0.676. The molecule has 8 nitrogen and oxygen atoms in total. The summed E-state index contributed by atoms with van der Waals surface area (Å²) in [6.07, 6.45) is -0.877. The lowest BCUT2D eigenvalue weighted by Crippen LogP contribution is -2.47. The van der Waals surface area contributed by atoms with Crippen LogP contribution < -0.4 is 10.6 Å². The molecule has 0 aromatic heterocycles. The maximum atomic E-state index is 12.7. The zero-order valence-corrected chi connectivity index (χ0v) is 16.1. The first-order valence-corrected chi connectivity index (χ1v) is 9.98. The molecule has 10 heteroatoms. The first-order chi connectivity index (χ1) is 12.2. The van der Waals surface area contributed by atoms with E-state index in [0.717, 1.165) is 4.31 Å². The Hall–Kier alpha value is -1.68. The highest BCUT2D eigenvalue weighted by atomic mass is 35.5. The van der Waals surface area contributed by atoms with Crippen LogP contribution in [0.1, 0.15) is 13.8 Å². The number of rotatable bonds is 6. The van der Waals surface area contributed by atoms with Crippen molar-refractivity contribution in [2.75, 3.05) is 26.2 Å². The van der Waals surface area contributed by atoms with Crippen molar-refractivity contribution in [2.24, 2.45) is 5.92 Å². The second kappa shape index (κ2) is 8.81. The summed E-state index contributed by atoms with van der Waals surface area (Å²) in [5, 5.41) is 5.33. The van der Waals surface area contributed by atoms with Gasteiger partial charge in [0.25, 0.3) is 0 Å². The molecule has 2 rings (SSSR count). The summed E-state index contributed by atoms with van der Waals surface area (Å²) in [6.45, 7) is 4.43. The van der Waals surface area contributed by atoms with E-state index < -0.39 is 28.1 Å². The Labute approximate surface area is 157 Å². The minimum Gasteiger partial charge on any atom is -0.359 e. The van der Waals surface area contributed by atoms with Crippen molar-refractivity contribution in [3.63, 3.8) is 0 Å². The molecule has 0 bridgehead atoms. The topological polar surface area (TPSA) is 105 Å². The van der Waals surface area contributed by atoms with Gasteiger partial charge in [-0.05, 0) is 30.2 Å². The number of nitrogens with one attached hydrogen (secondary N) is 2. The second-order valence-electron chi connectivity index (χ2n) is 6.21. The van der Waals surface area contributed by atoms with Crippen molar-refractivity contribution >= 4 is 33.4 Å². The average molecular weight is 404 g/mol. The number of carbonyl (C=O) groups excluding carboxylic acids is 2. The Morgan fingerprint density at radius 1 is 1.23 bits per heavy atom. The fraction of sp³-hybridized carbons (Fsp3) is 0.500. The largest absolute Gasteiger partial charge is 0.359 e. The predicted octanol–water partition coefficient (Wildman–Crippen LogP) is 0.575. The second-order valence-corrected chi connectivity index (χ2v) is 8.54. The lowest BCUT2D eigenvalue weighted by Gasteiger charge is -2.22. The van der Waals surface area contributed by atoms with Gasteiger partial charge >= 0.3 is 11.8 Å². The monoisotopic (exact) mass is 403 g/mol. The number of benzene rings is 1. The van der Waals surface area contributed by atoms with Gasteiger partial charge in [0.05, 0.1) is 18.0 Å². The van der Waals surface area contributed by atoms with E-state index in [1.807, 2.05) is 13.8 Å². The summed E-state index contributed by atoms with van der Waals surface area (Å²) in [5.74, 6) is -1.38. The SMILES string of the molecule is CC(C)CNC(=O)C(=O)NC[C@@H]1OCCN1S(=O)(=O)c1ccc(Cl)cc1. The molecule has 0 aliphatic carbocycles. The van der Waals surface area contributed by atoms with Gasteiger partial charge in [-0.2, -0.15) is 4.31 Å². The highest BCUT2D eigenvalue weighted by molar-refractivity contribution is 7.89. The van der Waals surface area contributed by atoms with Gasteiger partial charge < -0.3 is 15.4 Å². The van der Waals surface area contributed by atoms with Crippen LogP contribution in [0, 0.1) is 5.92 Å². The number of hydrogen-bond acceptors (Lipinski definition) is 5. The number of nitrogens with zero attached hydrogens (tertiary/aromatic N) is 1. The van der Waals surface area contributed by atoms with Crippen molar-refractivity contribution in [2.45, 2.75) is 25.0 Å². The molecule has 2 amide bonds. The molecule has 2 N–H and O–H groups in total. The number of amides is 2. The van der Waals surface area contributed by atoms with Gasteiger partial charge in [-0.3, -0.25) is 9.59 Å². The Morgan fingerprint density at radius 2 is 1.85 bits per heavy atom. The van der Waals surface area contributed by atoms with E-state index in [-0.39, 0.29) is 30.5 Å². The third-order valence-corrected chi connectivity index (χ3v) is 5.83. The van der Waals surface area contributed by atoms with Crippen molar-refractivity contribution in [3.05, 3.63) is 29.3 Å². The smallest absolute Gasteiger partial charge is 0.309 e. The Balaban J connectivity index is 1.98. The maximum Gasteiger partial charge on any atom is 0.309 e. The molecule has 0 radical (unpaired) electrons. The standard InChI is InChI=1S/C16H22ClN3O5S/c1-11(2)9-18-15(21)16(22)19-10-14-20(7-8-25-14)26(23,24)13-5-3-12(17)4-6-13/h3-6,11,14H,7-10H2,1-2H3,(H,18,21)(H,19,22)/t14-/m0/s1. The molecule has 144 valence electrons. The van der Waals surface area contributed by atoms with Crippen molar-refractivity contribution in [1.82, 2.24) is 14.9 Å². The summed E-state index contributed by atoms with van der Waals surface area (Å²) in [5.41, 5.74) is 0. The molecular formula is C16H22ClN3O5S. The highest BCUT2D eigenvalue weighted by Crippen LogP contribution is 2.23. The lowest BCUT2D eigenvalue weighted by atomic mass is 10.2. The minimum absolute atomic E-state index is 0.0819. The van der Waals surface area contributed by atoms with E-state index >= 15 is 0 Å². The van der Waals surface area contributed by atoms with Crippen LogP contribution in [0.4, 0.5) is 0 Å². The summed E-state index contributed by atoms with van der Waals surface area (Å²) in [6, 6.07) is 5.79. The number of sulfonamides is 1. The van der Waals surface area contributed by atoms with Gasteiger partial charge in [-0.1, -0.05) is 25.4 Å². The number of ether oxygens (including phenoxy) is 1. The Bertz CT molecular complexity index is 752. The van der Waals surface area contributed by atoms with Crippen LogP contribution in [0.3, 0.4) is 0 Å². The summed E-state index contributed by atoms with van der Waals surface area (Å²) in [4.78, 5) is 23.6. The van der Waals surface area contributed by atoms with E-state index in [1.54, 1.807) is 0 Å². The lowest BCUT2D eigenvalue weighted by molar-refractivity contribution is -0.139.